The van der Waals surface area contributed by atoms with Crippen LogP contribution in [0.4, 0.5) is 11.4 Å². The van der Waals surface area contributed by atoms with Crippen molar-refractivity contribution >= 4 is 23.1 Å². The summed E-state index contributed by atoms with van der Waals surface area (Å²) in [5.41, 5.74) is 2.72. The molecule has 0 heterocycles. The zero-order valence-electron chi connectivity index (χ0n) is 15.9. The summed E-state index contributed by atoms with van der Waals surface area (Å²) in [6.45, 7) is 2.00. The molecule has 1 N–H and O–H groups in total. The van der Waals surface area contributed by atoms with Crippen LogP contribution in [0.2, 0.25) is 0 Å². The van der Waals surface area contributed by atoms with Gasteiger partial charge in [-0.1, -0.05) is 60.2 Å². The Labute approximate surface area is 168 Å². The third kappa shape index (κ3) is 5.13. The average molecular weight is 388 g/mol. The van der Waals surface area contributed by atoms with Crippen molar-refractivity contribution in [2.24, 2.45) is 0 Å². The second-order valence-electron chi connectivity index (χ2n) is 6.72. The molecule has 0 unspecified atom stereocenters. The summed E-state index contributed by atoms with van der Waals surface area (Å²) in [7, 11) is 0. The lowest BCUT2D eigenvalue weighted by Gasteiger charge is -2.11. The zero-order chi connectivity index (χ0) is 20.8. The highest BCUT2D eigenvalue weighted by molar-refractivity contribution is 6.14. The molecule has 6 heteroatoms. The Hall–Kier alpha value is -3.80. The maximum atomic E-state index is 12.9. The minimum absolute atomic E-state index is 0.0917. The second kappa shape index (κ2) is 8.93. The Morgan fingerprint density at radius 1 is 0.966 bits per heavy atom. The van der Waals surface area contributed by atoms with Gasteiger partial charge >= 0.3 is 0 Å². The zero-order valence-corrected chi connectivity index (χ0v) is 15.9. The van der Waals surface area contributed by atoms with Crippen molar-refractivity contribution in [1.29, 1.82) is 0 Å². The first-order valence-electron chi connectivity index (χ1n) is 9.17. The van der Waals surface area contributed by atoms with Gasteiger partial charge in [-0.25, -0.2) is 0 Å². The van der Waals surface area contributed by atoms with E-state index in [4.69, 9.17) is 0 Å². The van der Waals surface area contributed by atoms with Crippen molar-refractivity contribution in [3.05, 3.63) is 105 Å². The summed E-state index contributed by atoms with van der Waals surface area (Å²) >= 11 is 0. The summed E-state index contributed by atoms with van der Waals surface area (Å²) in [6.07, 6.45) is 0.792. The molecule has 0 aliphatic carbocycles. The molecule has 0 aliphatic heterocycles. The van der Waals surface area contributed by atoms with Gasteiger partial charge in [-0.05, 0) is 25.0 Å². The van der Waals surface area contributed by atoms with Gasteiger partial charge in [0.05, 0.1) is 16.2 Å². The Kier molecular flexibility index (Phi) is 6.14. The molecular weight excluding hydrogens is 368 g/mol. The van der Waals surface area contributed by atoms with Gasteiger partial charge in [-0.15, -0.1) is 0 Å². The van der Waals surface area contributed by atoms with Gasteiger partial charge in [0.2, 0.25) is 5.91 Å². The topological polar surface area (TPSA) is 89.3 Å². The lowest BCUT2D eigenvalue weighted by Crippen LogP contribution is -2.16. The van der Waals surface area contributed by atoms with E-state index in [9.17, 15) is 19.7 Å². The number of anilines is 1. The summed E-state index contributed by atoms with van der Waals surface area (Å²) in [4.78, 5) is 35.9. The summed E-state index contributed by atoms with van der Waals surface area (Å²) in [5.74, 6) is -0.648. The second-order valence-corrected chi connectivity index (χ2v) is 6.72. The van der Waals surface area contributed by atoms with Crippen molar-refractivity contribution in [3.63, 3.8) is 0 Å². The molecular formula is C23H20N2O4. The Morgan fingerprint density at radius 3 is 2.31 bits per heavy atom. The molecule has 0 aromatic heterocycles. The average Bonchev–Trinajstić information content (AvgIpc) is 2.73. The fourth-order valence-corrected chi connectivity index (χ4v) is 2.91. The molecule has 1 amide bonds. The van der Waals surface area contributed by atoms with E-state index in [1.54, 1.807) is 30.3 Å². The highest BCUT2D eigenvalue weighted by atomic mass is 16.6. The van der Waals surface area contributed by atoms with E-state index in [1.165, 1.54) is 18.2 Å². The van der Waals surface area contributed by atoms with Crippen LogP contribution >= 0.6 is 0 Å². The number of carbonyl (C=O) groups excluding carboxylic acids is 2. The normalized spacial score (nSPS) is 10.4. The first kappa shape index (κ1) is 19.9. The Balaban J connectivity index is 1.80. The molecule has 0 saturated carbocycles. The number of nitrogens with one attached hydrogen (secondary N) is 1. The fraction of sp³-hybridized carbons (Fsp3) is 0.130. The van der Waals surface area contributed by atoms with Crippen LogP contribution in [0, 0.1) is 17.0 Å². The van der Waals surface area contributed by atoms with Crippen LogP contribution in [0.5, 0.6) is 0 Å². The molecule has 3 aromatic rings. The summed E-state index contributed by atoms with van der Waals surface area (Å²) in [6, 6.07) is 20.2. The van der Waals surface area contributed by atoms with Gasteiger partial charge in [0.25, 0.3) is 5.69 Å². The van der Waals surface area contributed by atoms with Crippen molar-refractivity contribution in [3.8, 4) is 0 Å². The van der Waals surface area contributed by atoms with Crippen LogP contribution in [0.15, 0.2) is 72.8 Å². The molecule has 29 heavy (non-hydrogen) atoms. The molecule has 6 nitrogen and oxygen atoms in total. The van der Waals surface area contributed by atoms with E-state index >= 15 is 0 Å². The lowest BCUT2D eigenvalue weighted by molar-refractivity contribution is -0.384. The third-order valence-corrected chi connectivity index (χ3v) is 4.53. The smallest absolute Gasteiger partial charge is 0.270 e. The monoisotopic (exact) mass is 388 g/mol. The number of carbonyl (C=O) groups is 2. The number of nitro benzene ring substituents is 1. The van der Waals surface area contributed by atoms with Crippen LogP contribution in [-0.2, 0) is 11.2 Å². The van der Waals surface area contributed by atoms with Gasteiger partial charge < -0.3 is 5.32 Å². The van der Waals surface area contributed by atoms with Gasteiger partial charge in [0.15, 0.2) is 5.78 Å². The highest BCUT2D eigenvalue weighted by Crippen LogP contribution is 2.25. The third-order valence-electron chi connectivity index (χ3n) is 4.53. The summed E-state index contributed by atoms with van der Waals surface area (Å²) in [5, 5.41) is 13.9. The van der Waals surface area contributed by atoms with Crippen LogP contribution in [0.1, 0.15) is 33.5 Å². The van der Waals surface area contributed by atoms with E-state index in [1.807, 2.05) is 31.2 Å². The number of aryl methyl sites for hydroxylation is 2. The van der Waals surface area contributed by atoms with E-state index < -0.39 is 4.92 Å². The quantitative estimate of drug-likeness (QED) is 0.361. The van der Waals surface area contributed by atoms with Gasteiger partial charge in [0.1, 0.15) is 0 Å². The largest absolute Gasteiger partial charge is 0.325 e. The predicted octanol–water partition coefficient (Wildman–Crippen LogP) is 4.71. The number of nitrogens with zero attached hydrogens (tertiary/aromatic N) is 1. The van der Waals surface area contributed by atoms with Crippen molar-refractivity contribution in [1.82, 2.24) is 0 Å². The molecule has 0 fully saturated rings. The van der Waals surface area contributed by atoms with Crippen LogP contribution in [-0.4, -0.2) is 16.6 Å². The first-order chi connectivity index (χ1) is 13.9. The van der Waals surface area contributed by atoms with Crippen LogP contribution in [0.3, 0.4) is 0 Å². The standard InChI is InChI=1S/C23H20N2O4/c1-16-7-9-17(10-8-16)11-14-22(26)24-21-13-12-19(25(28)29)15-20(21)23(27)18-5-3-2-4-6-18/h2-10,12-13,15H,11,14H2,1H3,(H,24,26). The molecule has 0 bridgehead atoms. The molecule has 0 spiro atoms. The number of ketones is 1. The molecule has 3 aromatic carbocycles. The van der Waals surface area contributed by atoms with Gasteiger partial charge in [0, 0.05) is 24.1 Å². The number of hydrogen-bond acceptors (Lipinski definition) is 4. The van der Waals surface area contributed by atoms with Crippen molar-refractivity contribution in [2.75, 3.05) is 5.32 Å². The van der Waals surface area contributed by atoms with E-state index in [0.29, 0.717) is 12.0 Å². The SMILES string of the molecule is Cc1ccc(CCC(=O)Nc2ccc([N+](=O)[O-])cc2C(=O)c2ccccc2)cc1. The maximum absolute atomic E-state index is 12.9. The molecule has 0 radical (unpaired) electrons. The number of nitro groups is 1. The Bertz CT molecular complexity index is 1040. The number of rotatable bonds is 7. The number of benzene rings is 3. The molecule has 0 atom stereocenters. The maximum Gasteiger partial charge on any atom is 0.270 e. The summed E-state index contributed by atoms with van der Waals surface area (Å²) < 4.78 is 0. The molecule has 3 rings (SSSR count). The van der Waals surface area contributed by atoms with Crippen molar-refractivity contribution < 1.29 is 14.5 Å². The number of non-ortho nitro benzene ring substituents is 1. The highest BCUT2D eigenvalue weighted by Gasteiger charge is 2.19. The van der Waals surface area contributed by atoms with Gasteiger partial charge in [-0.3, -0.25) is 19.7 Å². The predicted molar refractivity (Wildman–Crippen MR) is 111 cm³/mol. The van der Waals surface area contributed by atoms with Crippen LogP contribution < -0.4 is 5.32 Å². The van der Waals surface area contributed by atoms with E-state index in [2.05, 4.69) is 5.32 Å². The number of hydrogen-bond donors (Lipinski definition) is 1. The van der Waals surface area contributed by atoms with Gasteiger partial charge in [-0.2, -0.15) is 0 Å². The number of amides is 1. The van der Waals surface area contributed by atoms with Crippen molar-refractivity contribution in [2.45, 2.75) is 19.8 Å². The minimum Gasteiger partial charge on any atom is -0.325 e. The lowest BCUT2D eigenvalue weighted by atomic mass is 10.0. The molecule has 0 aliphatic rings. The molecule has 146 valence electrons. The van der Waals surface area contributed by atoms with Crippen LogP contribution in [0.25, 0.3) is 0 Å². The molecule has 0 saturated heterocycles. The first-order valence-corrected chi connectivity index (χ1v) is 9.17. The van der Waals surface area contributed by atoms with E-state index in [0.717, 1.165) is 11.1 Å². The van der Waals surface area contributed by atoms with E-state index in [-0.39, 0.29) is 35.0 Å². The Morgan fingerprint density at radius 2 is 1.66 bits per heavy atom. The fourth-order valence-electron chi connectivity index (χ4n) is 2.91. The minimum atomic E-state index is -0.565.